The van der Waals surface area contributed by atoms with Crippen molar-refractivity contribution in [3.63, 3.8) is 0 Å². The fourth-order valence-corrected chi connectivity index (χ4v) is 6.61. The first-order valence-electron chi connectivity index (χ1n) is 14.3. The number of carbonyl (C=O) groups is 2. The second kappa shape index (κ2) is 9.23. The number of carboxylic acids is 1. The number of nitrogens with zero attached hydrogens (tertiary/aromatic N) is 5. The number of nitrogens with one attached hydrogen (secondary N) is 1. The summed E-state index contributed by atoms with van der Waals surface area (Å²) in [5.74, 6) is 0.664. The molecule has 216 valence electrons. The molecule has 7 rings (SSSR count). The van der Waals surface area contributed by atoms with E-state index in [0.29, 0.717) is 64.5 Å². The number of hydrogen-bond donors (Lipinski definition) is 2. The molecule has 4 heterocycles. The molecular weight excluding hydrogens is 539 g/mol. The molecule has 2 atom stereocenters. The summed E-state index contributed by atoms with van der Waals surface area (Å²) in [5, 5.41) is 13.2. The van der Waals surface area contributed by atoms with Crippen molar-refractivity contribution in [3.8, 4) is 17.0 Å². The Labute approximate surface area is 241 Å². The van der Waals surface area contributed by atoms with Gasteiger partial charge in [-0.2, -0.15) is 5.12 Å². The summed E-state index contributed by atoms with van der Waals surface area (Å²) in [7, 11) is 0. The third kappa shape index (κ3) is 4.01. The van der Waals surface area contributed by atoms with Gasteiger partial charge in [-0.25, -0.2) is 15.0 Å². The Morgan fingerprint density at radius 3 is 2.69 bits per heavy atom. The van der Waals surface area contributed by atoms with Crippen molar-refractivity contribution < 1.29 is 23.9 Å². The van der Waals surface area contributed by atoms with Gasteiger partial charge in [0.1, 0.15) is 28.6 Å². The van der Waals surface area contributed by atoms with E-state index in [1.807, 2.05) is 30.4 Å². The van der Waals surface area contributed by atoms with Crippen LogP contribution < -0.4 is 15.2 Å². The number of carbonyl (C=O) groups excluding carboxylic acids is 1. The molecule has 0 unspecified atom stereocenters. The SMILES string of the molecule is CCOc1cc(C(=O)Nc2cc(C3CC3)ccn2)cc2c1-c1nc([C@@]3(C)CC[C@](C)(C(=O)O)C3)n3ccnc(c13)N2F. The summed E-state index contributed by atoms with van der Waals surface area (Å²) in [6.07, 6.45) is 8.69. The number of halogens is 1. The molecule has 0 saturated heterocycles. The first-order valence-corrected chi connectivity index (χ1v) is 14.3. The van der Waals surface area contributed by atoms with E-state index in [1.54, 1.807) is 25.4 Å². The number of carboxylic acid groups (broad SMARTS) is 1. The van der Waals surface area contributed by atoms with Crippen molar-refractivity contribution >= 4 is 34.7 Å². The Hall–Kier alpha value is -4.54. The van der Waals surface area contributed by atoms with Crippen molar-refractivity contribution in [2.24, 2.45) is 5.41 Å². The average molecular weight is 571 g/mol. The molecule has 2 saturated carbocycles. The maximum atomic E-state index is 16.2. The monoisotopic (exact) mass is 570 g/mol. The number of benzene rings is 1. The molecule has 3 aromatic heterocycles. The van der Waals surface area contributed by atoms with Crippen LogP contribution in [0.25, 0.3) is 16.8 Å². The minimum Gasteiger partial charge on any atom is -0.493 e. The summed E-state index contributed by atoms with van der Waals surface area (Å²) in [5.41, 5.74) is 1.35. The number of aromatic nitrogens is 4. The van der Waals surface area contributed by atoms with Gasteiger partial charge < -0.3 is 15.2 Å². The summed E-state index contributed by atoms with van der Waals surface area (Å²) < 4.78 is 24.0. The van der Waals surface area contributed by atoms with Gasteiger partial charge >= 0.3 is 5.97 Å². The molecule has 4 aromatic rings. The maximum Gasteiger partial charge on any atom is 0.309 e. The number of anilines is 3. The molecular formula is C31H31FN6O4. The Balaban J connectivity index is 1.33. The molecule has 1 aromatic carbocycles. The van der Waals surface area contributed by atoms with E-state index in [0.717, 1.165) is 18.4 Å². The molecule has 1 aliphatic heterocycles. The zero-order chi connectivity index (χ0) is 29.4. The molecule has 2 N–H and O–H groups in total. The largest absolute Gasteiger partial charge is 0.493 e. The van der Waals surface area contributed by atoms with Crippen LogP contribution >= 0.6 is 0 Å². The van der Waals surface area contributed by atoms with Gasteiger partial charge in [0.25, 0.3) is 5.91 Å². The van der Waals surface area contributed by atoms with E-state index < -0.39 is 22.7 Å². The van der Waals surface area contributed by atoms with Crippen molar-refractivity contribution in [3.05, 3.63) is 59.8 Å². The Kier molecular flexibility index (Phi) is 5.80. The molecule has 1 amide bonds. The highest BCUT2D eigenvalue weighted by molar-refractivity contribution is 6.08. The van der Waals surface area contributed by atoms with Crippen LogP contribution in [0.4, 0.5) is 21.8 Å². The van der Waals surface area contributed by atoms with Gasteiger partial charge in [-0.15, -0.1) is 0 Å². The topological polar surface area (TPSA) is 122 Å². The van der Waals surface area contributed by atoms with Crippen molar-refractivity contribution in [1.29, 1.82) is 0 Å². The van der Waals surface area contributed by atoms with Gasteiger partial charge in [-0.3, -0.25) is 14.0 Å². The van der Waals surface area contributed by atoms with Gasteiger partial charge in [0, 0.05) is 29.6 Å². The van der Waals surface area contributed by atoms with Gasteiger partial charge in [0.2, 0.25) is 0 Å². The first kappa shape index (κ1) is 26.4. The molecule has 0 radical (unpaired) electrons. The molecule has 3 aliphatic rings. The second-order valence-corrected chi connectivity index (χ2v) is 12.1. The molecule has 2 aliphatic carbocycles. The van der Waals surface area contributed by atoms with Crippen LogP contribution in [0, 0.1) is 5.41 Å². The van der Waals surface area contributed by atoms with E-state index in [4.69, 9.17) is 9.72 Å². The highest BCUT2D eigenvalue weighted by Crippen LogP contribution is 2.54. The summed E-state index contributed by atoms with van der Waals surface area (Å²) >= 11 is 0. The van der Waals surface area contributed by atoms with Crippen LogP contribution in [0.2, 0.25) is 0 Å². The lowest BCUT2D eigenvalue weighted by atomic mass is 9.81. The van der Waals surface area contributed by atoms with Crippen molar-refractivity contribution in [2.75, 3.05) is 17.0 Å². The zero-order valence-electron chi connectivity index (χ0n) is 23.6. The van der Waals surface area contributed by atoms with E-state index in [2.05, 4.69) is 15.3 Å². The lowest BCUT2D eigenvalue weighted by molar-refractivity contribution is -0.147. The van der Waals surface area contributed by atoms with Crippen LogP contribution in [0.5, 0.6) is 5.75 Å². The fourth-order valence-electron chi connectivity index (χ4n) is 6.61. The standard InChI is InChI=1S/C31H31FN6O4/c1-4-42-21-14-19(27(39)35-22-15-18(7-10-33-22)17-5-6-17)13-20-23(21)24-25-26(38(20)32)34-11-12-37(25)28(36-24)30(2)8-9-31(3,16-30)29(40)41/h7,10-15,17H,4-6,8-9,16H2,1-3H3,(H,40,41)(H,33,35,39)/t30-,31-/m0/s1. The van der Waals surface area contributed by atoms with Gasteiger partial charge in [-0.1, -0.05) is 11.4 Å². The van der Waals surface area contributed by atoms with Crippen LogP contribution in [-0.4, -0.2) is 42.9 Å². The number of rotatable bonds is 7. The molecule has 0 bridgehead atoms. The lowest BCUT2D eigenvalue weighted by Gasteiger charge is -2.25. The van der Waals surface area contributed by atoms with E-state index in [-0.39, 0.29) is 23.7 Å². The average Bonchev–Trinajstić information content (AvgIpc) is 3.67. The predicted molar refractivity (Wildman–Crippen MR) is 154 cm³/mol. The summed E-state index contributed by atoms with van der Waals surface area (Å²) in [6, 6.07) is 6.90. The minimum atomic E-state index is -0.882. The third-order valence-corrected chi connectivity index (χ3v) is 8.95. The third-order valence-electron chi connectivity index (χ3n) is 8.95. The number of hydrogen-bond acceptors (Lipinski definition) is 7. The maximum absolute atomic E-state index is 16.2. The Morgan fingerprint density at radius 1 is 1.17 bits per heavy atom. The number of imidazole rings is 1. The van der Waals surface area contributed by atoms with Crippen molar-refractivity contribution in [1.82, 2.24) is 19.4 Å². The lowest BCUT2D eigenvalue weighted by Crippen LogP contribution is -2.29. The van der Waals surface area contributed by atoms with Gasteiger partial charge in [0.15, 0.2) is 5.82 Å². The normalized spacial score (nSPS) is 22.7. The van der Waals surface area contributed by atoms with E-state index in [9.17, 15) is 14.7 Å². The quantitative estimate of drug-likeness (QED) is 0.252. The molecule has 10 nitrogen and oxygen atoms in total. The summed E-state index contributed by atoms with van der Waals surface area (Å²) in [4.78, 5) is 39.1. The van der Waals surface area contributed by atoms with E-state index >= 15 is 4.48 Å². The number of fused-ring (bicyclic) bond motifs is 2. The fraction of sp³-hybridized carbons (Fsp3) is 0.387. The number of aliphatic carboxylic acids is 1. The molecule has 11 heteroatoms. The minimum absolute atomic E-state index is 0.0418. The Bertz CT molecular complexity index is 1780. The molecule has 2 fully saturated rings. The van der Waals surface area contributed by atoms with Crippen LogP contribution in [0.3, 0.4) is 0 Å². The smallest absolute Gasteiger partial charge is 0.309 e. The highest BCUT2D eigenvalue weighted by atomic mass is 19.2. The molecule has 42 heavy (non-hydrogen) atoms. The molecule has 0 spiro atoms. The Morgan fingerprint density at radius 2 is 1.98 bits per heavy atom. The first-order chi connectivity index (χ1) is 20.1. The van der Waals surface area contributed by atoms with Gasteiger partial charge in [0.05, 0.1) is 23.3 Å². The second-order valence-electron chi connectivity index (χ2n) is 12.1. The summed E-state index contributed by atoms with van der Waals surface area (Å²) in [6.45, 7) is 5.87. The van der Waals surface area contributed by atoms with E-state index in [1.165, 1.54) is 12.3 Å². The number of amides is 1. The van der Waals surface area contributed by atoms with Crippen molar-refractivity contribution in [2.45, 2.75) is 64.2 Å². The number of ether oxygens (including phenoxy) is 1. The van der Waals surface area contributed by atoms with Crippen LogP contribution in [0.15, 0.2) is 42.9 Å². The van der Waals surface area contributed by atoms with Crippen LogP contribution in [0.1, 0.15) is 80.5 Å². The van der Waals surface area contributed by atoms with Crippen LogP contribution in [-0.2, 0) is 10.2 Å². The highest BCUT2D eigenvalue weighted by Gasteiger charge is 2.50. The van der Waals surface area contributed by atoms with Gasteiger partial charge in [-0.05, 0) is 81.7 Å². The number of pyridine rings is 1. The predicted octanol–water partition coefficient (Wildman–Crippen LogP) is 6.19. The zero-order valence-corrected chi connectivity index (χ0v) is 23.6.